The fraction of sp³-hybridized carbons (Fsp3) is 0.500. The molecule has 0 atom stereocenters. The minimum atomic E-state index is 0.00352. The molecule has 0 saturated heterocycles. The van der Waals surface area contributed by atoms with E-state index in [1.54, 1.807) is 10.8 Å². The fourth-order valence-corrected chi connectivity index (χ4v) is 1.80. The summed E-state index contributed by atoms with van der Waals surface area (Å²) in [5, 5.41) is 3.28. The fourth-order valence-electron chi connectivity index (χ4n) is 1.37. The third kappa shape index (κ3) is 4.23. The van der Waals surface area contributed by atoms with E-state index in [4.69, 9.17) is 0 Å². The Bertz CT molecular complexity index is 465. The maximum Gasteiger partial charge on any atom is 0.267 e. The maximum absolute atomic E-state index is 11.9. The molecule has 0 unspecified atom stereocenters. The highest BCUT2D eigenvalue weighted by Crippen LogP contribution is 2.01. The number of hydrogen-bond donors (Lipinski definition) is 1. The second kappa shape index (κ2) is 6.30. The highest BCUT2D eigenvalue weighted by molar-refractivity contribution is 14.1. The van der Waals surface area contributed by atoms with Gasteiger partial charge in [0.05, 0.1) is 3.57 Å². The zero-order valence-electron chi connectivity index (χ0n) is 10.5. The molecule has 0 aliphatic rings. The highest BCUT2D eigenvalue weighted by Gasteiger charge is 2.06. The van der Waals surface area contributed by atoms with Crippen LogP contribution in [-0.4, -0.2) is 22.1 Å². The van der Waals surface area contributed by atoms with Gasteiger partial charge >= 0.3 is 0 Å². The summed E-state index contributed by atoms with van der Waals surface area (Å²) < 4.78 is 2.30. The van der Waals surface area contributed by atoms with Crippen LogP contribution in [0, 0.1) is 10.5 Å². The van der Waals surface area contributed by atoms with Crippen LogP contribution in [0.2, 0.25) is 0 Å². The number of rotatable bonds is 5. The van der Waals surface area contributed by atoms with Crippen molar-refractivity contribution in [2.24, 2.45) is 0 Å². The SMILES string of the molecule is C=C(CNC(C)C)Cn1c(C)ncc(I)c1=O. The van der Waals surface area contributed by atoms with Crippen molar-refractivity contribution in [2.75, 3.05) is 6.54 Å². The van der Waals surface area contributed by atoms with Gasteiger partial charge in [-0.15, -0.1) is 0 Å². The van der Waals surface area contributed by atoms with Gasteiger partial charge < -0.3 is 5.32 Å². The van der Waals surface area contributed by atoms with Gasteiger partial charge in [-0.1, -0.05) is 20.4 Å². The predicted molar refractivity (Wildman–Crippen MR) is 78.2 cm³/mol. The van der Waals surface area contributed by atoms with E-state index in [0.29, 0.717) is 16.2 Å². The topological polar surface area (TPSA) is 46.9 Å². The summed E-state index contributed by atoms with van der Waals surface area (Å²) in [6.45, 7) is 11.2. The second-order valence-electron chi connectivity index (χ2n) is 4.33. The molecule has 0 saturated carbocycles. The van der Waals surface area contributed by atoms with E-state index < -0.39 is 0 Å². The molecule has 17 heavy (non-hydrogen) atoms. The van der Waals surface area contributed by atoms with Crippen LogP contribution in [0.1, 0.15) is 19.7 Å². The number of aromatic nitrogens is 2. The third-order valence-corrected chi connectivity index (χ3v) is 3.09. The van der Waals surface area contributed by atoms with Crippen molar-refractivity contribution in [1.82, 2.24) is 14.9 Å². The summed E-state index contributed by atoms with van der Waals surface area (Å²) in [7, 11) is 0. The van der Waals surface area contributed by atoms with E-state index in [-0.39, 0.29) is 5.56 Å². The van der Waals surface area contributed by atoms with Crippen LogP contribution in [0.4, 0.5) is 0 Å². The van der Waals surface area contributed by atoms with Gasteiger partial charge in [0.2, 0.25) is 0 Å². The maximum atomic E-state index is 11.9. The van der Waals surface area contributed by atoms with Crippen LogP contribution >= 0.6 is 22.6 Å². The lowest BCUT2D eigenvalue weighted by Crippen LogP contribution is -2.30. The Morgan fingerprint density at radius 2 is 2.29 bits per heavy atom. The molecule has 4 nitrogen and oxygen atoms in total. The van der Waals surface area contributed by atoms with Crippen molar-refractivity contribution in [3.8, 4) is 0 Å². The average Bonchev–Trinajstić information content (AvgIpc) is 2.27. The lowest BCUT2D eigenvalue weighted by atomic mass is 10.2. The molecule has 1 N–H and O–H groups in total. The van der Waals surface area contributed by atoms with Crippen molar-refractivity contribution in [2.45, 2.75) is 33.4 Å². The van der Waals surface area contributed by atoms with Gasteiger partial charge in [0.25, 0.3) is 5.56 Å². The molecule has 0 aromatic carbocycles. The van der Waals surface area contributed by atoms with Gasteiger partial charge in [0.15, 0.2) is 0 Å². The van der Waals surface area contributed by atoms with E-state index in [0.717, 1.165) is 17.9 Å². The summed E-state index contributed by atoms with van der Waals surface area (Å²) in [6.07, 6.45) is 1.60. The third-order valence-electron chi connectivity index (χ3n) is 2.35. The molecule has 0 amide bonds. The summed E-state index contributed by atoms with van der Waals surface area (Å²) in [5.41, 5.74) is 0.983. The number of halogens is 1. The molecule has 1 aromatic heterocycles. The first-order valence-corrected chi connectivity index (χ1v) is 6.61. The largest absolute Gasteiger partial charge is 0.311 e. The molecule has 0 aliphatic heterocycles. The molecule has 0 fully saturated rings. The minimum Gasteiger partial charge on any atom is -0.311 e. The molecule has 5 heteroatoms. The lowest BCUT2D eigenvalue weighted by Gasteiger charge is -2.13. The van der Waals surface area contributed by atoms with Gasteiger partial charge in [-0.3, -0.25) is 9.36 Å². The summed E-state index contributed by atoms with van der Waals surface area (Å²) in [4.78, 5) is 16.1. The predicted octanol–water partition coefficient (Wildman–Crippen LogP) is 1.71. The quantitative estimate of drug-likeness (QED) is 0.652. The van der Waals surface area contributed by atoms with Gasteiger partial charge in [-0.05, 0) is 35.1 Å². The Morgan fingerprint density at radius 3 is 2.88 bits per heavy atom. The Hall–Kier alpha value is -0.690. The van der Waals surface area contributed by atoms with Crippen LogP contribution in [0.25, 0.3) is 0 Å². The first-order valence-electron chi connectivity index (χ1n) is 5.53. The molecule has 0 bridgehead atoms. The normalized spacial score (nSPS) is 10.9. The number of hydrogen-bond acceptors (Lipinski definition) is 3. The second-order valence-corrected chi connectivity index (χ2v) is 5.49. The van der Waals surface area contributed by atoms with Gasteiger partial charge in [0.1, 0.15) is 5.82 Å². The summed E-state index contributed by atoms with van der Waals surface area (Å²) in [5.74, 6) is 0.723. The number of nitrogens with zero attached hydrogens (tertiary/aromatic N) is 2. The van der Waals surface area contributed by atoms with Crippen LogP contribution in [0.5, 0.6) is 0 Å². The molecule has 0 aliphatic carbocycles. The van der Waals surface area contributed by atoms with Gasteiger partial charge in [0, 0.05) is 25.3 Å². The number of aryl methyl sites for hydroxylation is 1. The Morgan fingerprint density at radius 1 is 1.65 bits per heavy atom. The van der Waals surface area contributed by atoms with E-state index in [1.807, 2.05) is 29.5 Å². The number of nitrogens with one attached hydrogen (secondary N) is 1. The van der Waals surface area contributed by atoms with Crippen LogP contribution in [-0.2, 0) is 6.54 Å². The van der Waals surface area contributed by atoms with E-state index in [1.165, 1.54) is 0 Å². The Balaban J connectivity index is 2.78. The first-order chi connectivity index (χ1) is 7.91. The molecule has 1 rings (SSSR count). The summed E-state index contributed by atoms with van der Waals surface area (Å²) in [6, 6.07) is 0.415. The standard InChI is InChI=1S/C12H18IN3O/c1-8(2)14-5-9(3)7-16-10(4)15-6-11(13)12(16)17/h6,8,14H,3,5,7H2,1-2,4H3. The monoisotopic (exact) mass is 347 g/mol. The minimum absolute atomic E-state index is 0.00352. The molecule has 0 radical (unpaired) electrons. The van der Waals surface area contributed by atoms with E-state index >= 15 is 0 Å². The van der Waals surface area contributed by atoms with E-state index in [9.17, 15) is 4.79 Å². The van der Waals surface area contributed by atoms with Crippen LogP contribution in [0.15, 0.2) is 23.1 Å². The Kier molecular flexibility index (Phi) is 5.32. The first kappa shape index (κ1) is 14.4. The van der Waals surface area contributed by atoms with Crippen molar-refractivity contribution >= 4 is 22.6 Å². The molecule has 1 heterocycles. The lowest BCUT2D eigenvalue weighted by molar-refractivity contribution is 0.592. The smallest absolute Gasteiger partial charge is 0.267 e. The van der Waals surface area contributed by atoms with Crippen LogP contribution in [0.3, 0.4) is 0 Å². The van der Waals surface area contributed by atoms with Crippen molar-refractivity contribution in [3.63, 3.8) is 0 Å². The average molecular weight is 347 g/mol. The molecule has 1 aromatic rings. The van der Waals surface area contributed by atoms with Gasteiger partial charge in [-0.2, -0.15) is 0 Å². The van der Waals surface area contributed by atoms with Crippen molar-refractivity contribution in [1.29, 1.82) is 0 Å². The van der Waals surface area contributed by atoms with Crippen LogP contribution < -0.4 is 10.9 Å². The van der Waals surface area contributed by atoms with Crippen molar-refractivity contribution in [3.05, 3.63) is 38.1 Å². The van der Waals surface area contributed by atoms with Gasteiger partial charge in [-0.25, -0.2) is 4.98 Å². The molecular formula is C12H18IN3O. The molecular weight excluding hydrogens is 329 g/mol. The molecule has 0 spiro atoms. The molecule has 94 valence electrons. The van der Waals surface area contributed by atoms with E-state index in [2.05, 4.69) is 30.7 Å². The summed E-state index contributed by atoms with van der Waals surface area (Å²) >= 11 is 2.00. The Labute approximate surface area is 115 Å². The zero-order chi connectivity index (χ0) is 13.0. The van der Waals surface area contributed by atoms with Crippen molar-refractivity contribution < 1.29 is 0 Å². The zero-order valence-corrected chi connectivity index (χ0v) is 12.6. The highest BCUT2D eigenvalue weighted by atomic mass is 127.